The normalized spacial score (nSPS) is 24.9. The van der Waals surface area contributed by atoms with Crippen molar-refractivity contribution in [3.8, 4) is 0 Å². The number of carbonyl (C=O) groups is 2. The number of halogens is 2. The van der Waals surface area contributed by atoms with E-state index < -0.39 is 11.5 Å². The first kappa shape index (κ1) is 20.0. The van der Waals surface area contributed by atoms with E-state index >= 15 is 0 Å². The molecule has 2 aliphatic heterocycles. The first-order chi connectivity index (χ1) is 14.9. The first-order valence-corrected chi connectivity index (χ1v) is 10.7. The molecule has 5 nitrogen and oxygen atoms in total. The van der Waals surface area contributed by atoms with Crippen LogP contribution in [0.15, 0.2) is 71.5 Å². The van der Waals surface area contributed by atoms with Crippen LogP contribution in [0, 0.1) is 11.7 Å². The van der Waals surface area contributed by atoms with Crippen molar-refractivity contribution in [3.05, 3.63) is 94.0 Å². The van der Waals surface area contributed by atoms with Crippen LogP contribution >= 0.6 is 15.9 Å². The molecule has 1 amide bonds. The van der Waals surface area contributed by atoms with Crippen molar-refractivity contribution in [1.29, 1.82) is 0 Å². The second kappa shape index (κ2) is 7.35. The molecule has 1 N–H and O–H groups in total. The van der Waals surface area contributed by atoms with E-state index in [9.17, 15) is 14.0 Å². The first-order valence-electron chi connectivity index (χ1n) is 9.95. The topological polar surface area (TPSA) is 62.3 Å². The minimum atomic E-state index is -1.18. The highest BCUT2D eigenvalue weighted by molar-refractivity contribution is 9.10. The molecule has 1 fully saturated rings. The monoisotopic (exact) mass is 479 g/mol. The van der Waals surface area contributed by atoms with Crippen LogP contribution in [0.5, 0.6) is 0 Å². The molecule has 1 spiro atoms. The molecule has 3 atom stereocenters. The molecule has 2 aliphatic rings. The van der Waals surface area contributed by atoms with Crippen molar-refractivity contribution >= 4 is 33.3 Å². The second-order valence-corrected chi connectivity index (χ2v) is 8.95. The van der Waals surface area contributed by atoms with E-state index in [1.807, 2.05) is 30.1 Å². The fourth-order valence-corrected chi connectivity index (χ4v) is 5.47. The summed E-state index contributed by atoms with van der Waals surface area (Å²) < 4.78 is 14.4. The standard InChI is InChI=1S/C24H19BrFN3O2/c1-29-13-18(14-4-7-17(26)8-5-14)21(22(30)15-3-2-10-27-12-15)24(29)19-11-16(25)6-9-20(19)28-23(24)31/h2-12,18,21H,13H2,1H3,(H,28,31)/t18-,21-,24-/m1/s1. The number of likely N-dealkylation sites (tertiary alicyclic amines) is 1. The molecule has 0 bridgehead atoms. The number of likely N-dealkylation sites (N-methyl/N-ethyl adjacent to an activating group) is 1. The summed E-state index contributed by atoms with van der Waals surface area (Å²) in [6.45, 7) is 0.474. The molecule has 156 valence electrons. The zero-order valence-electron chi connectivity index (χ0n) is 16.7. The van der Waals surface area contributed by atoms with Gasteiger partial charge in [-0.15, -0.1) is 0 Å². The lowest BCUT2D eigenvalue weighted by atomic mass is 9.70. The second-order valence-electron chi connectivity index (χ2n) is 8.03. The summed E-state index contributed by atoms with van der Waals surface area (Å²) in [5.74, 6) is -1.73. The zero-order chi connectivity index (χ0) is 21.8. The van der Waals surface area contributed by atoms with Crippen molar-refractivity contribution in [3.63, 3.8) is 0 Å². The molecular formula is C24H19BrFN3O2. The largest absolute Gasteiger partial charge is 0.324 e. The SMILES string of the molecule is CN1C[C@H](c2ccc(F)cc2)[C@H](C(=O)c2cccnc2)[C@]12C(=O)Nc1ccc(Br)cc12. The number of aromatic nitrogens is 1. The van der Waals surface area contributed by atoms with E-state index in [1.165, 1.54) is 18.3 Å². The Hall–Kier alpha value is -2.90. The number of benzene rings is 2. The number of hydrogen-bond donors (Lipinski definition) is 1. The molecule has 31 heavy (non-hydrogen) atoms. The number of ketones is 1. The lowest BCUT2D eigenvalue weighted by molar-refractivity contribution is -0.126. The predicted octanol–water partition coefficient (Wildman–Crippen LogP) is 4.36. The maximum Gasteiger partial charge on any atom is 0.250 e. The number of fused-ring (bicyclic) bond motifs is 2. The number of rotatable bonds is 3. The van der Waals surface area contributed by atoms with Crippen LogP contribution in [0.3, 0.4) is 0 Å². The molecule has 0 saturated carbocycles. The van der Waals surface area contributed by atoms with Gasteiger partial charge >= 0.3 is 0 Å². The summed E-state index contributed by atoms with van der Waals surface area (Å²) in [6.07, 6.45) is 3.14. The Kier molecular flexibility index (Phi) is 4.75. The molecule has 0 aliphatic carbocycles. The minimum absolute atomic E-state index is 0.158. The van der Waals surface area contributed by atoms with Gasteiger partial charge in [-0.05, 0) is 55.1 Å². The van der Waals surface area contributed by atoms with Crippen molar-refractivity contribution in [2.75, 3.05) is 18.9 Å². The quantitative estimate of drug-likeness (QED) is 0.566. The number of amides is 1. The van der Waals surface area contributed by atoms with E-state index in [-0.39, 0.29) is 23.4 Å². The molecule has 3 heterocycles. The number of pyridine rings is 1. The lowest BCUT2D eigenvalue weighted by Crippen LogP contribution is -2.51. The number of Topliss-reactive ketones (excluding diaryl/α,β-unsaturated/α-hetero) is 1. The van der Waals surface area contributed by atoms with Gasteiger partial charge in [-0.25, -0.2) is 4.39 Å². The molecule has 1 aromatic heterocycles. The summed E-state index contributed by atoms with van der Waals surface area (Å²) in [5.41, 5.74) is 1.56. The number of nitrogens with zero attached hydrogens (tertiary/aromatic N) is 2. The van der Waals surface area contributed by atoms with Crippen LogP contribution in [0.4, 0.5) is 10.1 Å². The Morgan fingerprint density at radius 2 is 2.00 bits per heavy atom. The molecule has 2 aromatic carbocycles. The van der Waals surface area contributed by atoms with Gasteiger partial charge in [-0.3, -0.25) is 19.5 Å². The van der Waals surface area contributed by atoms with Gasteiger partial charge in [0, 0.05) is 46.1 Å². The predicted molar refractivity (Wildman–Crippen MR) is 118 cm³/mol. The van der Waals surface area contributed by atoms with Gasteiger partial charge in [0.15, 0.2) is 5.78 Å². The van der Waals surface area contributed by atoms with Gasteiger partial charge in [-0.1, -0.05) is 28.1 Å². The molecule has 7 heteroatoms. The summed E-state index contributed by atoms with van der Waals surface area (Å²) >= 11 is 3.51. The highest BCUT2D eigenvalue weighted by Crippen LogP contribution is 2.55. The van der Waals surface area contributed by atoms with Crippen molar-refractivity contribution in [2.45, 2.75) is 11.5 Å². The minimum Gasteiger partial charge on any atom is -0.324 e. The molecule has 0 radical (unpaired) electrons. The van der Waals surface area contributed by atoms with E-state index in [0.29, 0.717) is 17.8 Å². The van der Waals surface area contributed by atoms with Crippen LogP contribution in [0.25, 0.3) is 0 Å². The number of anilines is 1. The molecule has 0 unspecified atom stereocenters. The Morgan fingerprint density at radius 3 is 2.71 bits per heavy atom. The van der Waals surface area contributed by atoms with Gasteiger partial charge in [0.2, 0.25) is 5.91 Å². The molecular weight excluding hydrogens is 461 g/mol. The number of nitrogens with one attached hydrogen (secondary N) is 1. The number of carbonyl (C=O) groups excluding carboxylic acids is 2. The van der Waals surface area contributed by atoms with Crippen LogP contribution in [0.2, 0.25) is 0 Å². The zero-order valence-corrected chi connectivity index (χ0v) is 18.3. The van der Waals surface area contributed by atoms with Gasteiger partial charge in [-0.2, -0.15) is 0 Å². The summed E-state index contributed by atoms with van der Waals surface area (Å²) in [5, 5.41) is 2.98. The Balaban J connectivity index is 1.74. The third-order valence-electron chi connectivity index (χ3n) is 6.44. The van der Waals surface area contributed by atoms with Crippen LogP contribution < -0.4 is 5.32 Å². The van der Waals surface area contributed by atoms with E-state index in [4.69, 9.17) is 0 Å². The van der Waals surface area contributed by atoms with Crippen LogP contribution in [-0.2, 0) is 10.3 Å². The molecule has 3 aromatic rings. The lowest BCUT2D eigenvalue weighted by Gasteiger charge is -2.35. The molecule has 1 saturated heterocycles. The fourth-order valence-electron chi connectivity index (χ4n) is 5.11. The highest BCUT2D eigenvalue weighted by atomic mass is 79.9. The van der Waals surface area contributed by atoms with Gasteiger partial charge in [0.25, 0.3) is 0 Å². The summed E-state index contributed by atoms with van der Waals surface area (Å²) in [4.78, 5) is 33.5. The average Bonchev–Trinajstić information content (AvgIpc) is 3.24. The third kappa shape index (κ3) is 2.95. The van der Waals surface area contributed by atoms with Crippen LogP contribution in [0.1, 0.15) is 27.4 Å². The maximum absolute atomic E-state index is 13.9. The smallest absolute Gasteiger partial charge is 0.250 e. The van der Waals surface area contributed by atoms with Gasteiger partial charge < -0.3 is 5.32 Å². The van der Waals surface area contributed by atoms with E-state index in [2.05, 4.69) is 26.2 Å². The van der Waals surface area contributed by atoms with Gasteiger partial charge in [0.05, 0.1) is 5.92 Å². The third-order valence-corrected chi connectivity index (χ3v) is 6.93. The Labute approximate surface area is 187 Å². The summed E-state index contributed by atoms with van der Waals surface area (Å²) in [6, 6.07) is 15.2. The van der Waals surface area contributed by atoms with Crippen molar-refractivity contribution < 1.29 is 14.0 Å². The van der Waals surface area contributed by atoms with Crippen molar-refractivity contribution in [1.82, 2.24) is 9.88 Å². The van der Waals surface area contributed by atoms with E-state index in [1.54, 1.807) is 30.5 Å². The van der Waals surface area contributed by atoms with Gasteiger partial charge in [0.1, 0.15) is 11.4 Å². The Bertz CT molecular complexity index is 1190. The van der Waals surface area contributed by atoms with Crippen LogP contribution in [-0.4, -0.2) is 35.2 Å². The average molecular weight is 480 g/mol. The number of hydrogen-bond acceptors (Lipinski definition) is 4. The molecule has 5 rings (SSSR count). The van der Waals surface area contributed by atoms with Crippen molar-refractivity contribution in [2.24, 2.45) is 5.92 Å². The fraction of sp³-hybridized carbons (Fsp3) is 0.208. The Morgan fingerprint density at radius 1 is 1.23 bits per heavy atom. The van der Waals surface area contributed by atoms with E-state index in [0.717, 1.165) is 15.6 Å². The maximum atomic E-state index is 13.9. The highest BCUT2D eigenvalue weighted by Gasteiger charge is 2.64. The summed E-state index contributed by atoms with van der Waals surface area (Å²) in [7, 11) is 1.86.